The molecule has 16 heavy (non-hydrogen) atoms. The van der Waals surface area contributed by atoms with Gasteiger partial charge in [0.05, 0.1) is 10.7 Å². The predicted octanol–water partition coefficient (Wildman–Crippen LogP) is 3.13. The van der Waals surface area contributed by atoms with Gasteiger partial charge in [0.15, 0.2) is 0 Å². The standard InChI is InChI=1S/C12H17NO2S/c1-8-10(6-3-7-11(14)15)16-12(13-8)9-4-2-5-9/h9H,2-7H2,1H3,(H,14,15). The molecule has 2 rings (SSSR count). The fraction of sp³-hybridized carbons (Fsp3) is 0.667. The van der Waals surface area contributed by atoms with E-state index in [1.807, 2.05) is 6.92 Å². The van der Waals surface area contributed by atoms with E-state index in [-0.39, 0.29) is 6.42 Å². The van der Waals surface area contributed by atoms with E-state index in [4.69, 9.17) is 5.11 Å². The van der Waals surface area contributed by atoms with E-state index in [9.17, 15) is 4.79 Å². The molecule has 0 amide bonds. The Bertz CT molecular complexity index is 382. The molecule has 0 spiro atoms. The fourth-order valence-corrected chi connectivity index (χ4v) is 3.19. The third kappa shape index (κ3) is 2.61. The van der Waals surface area contributed by atoms with E-state index in [0.717, 1.165) is 18.5 Å². The van der Waals surface area contributed by atoms with Gasteiger partial charge < -0.3 is 5.11 Å². The van der Waals surface area contributed by atoms with Gasteiger partial charge in [-0.3, -0.25) is 4.79 Å². The number of hydrogen-bond acceptors (Lipinski definition) is 3. The summed E-state index contributed by atoms with van der Waals surface area (Å²) in [6, 6.07) is 0. The Morgan fingerprint density at radius 3 is 2.88 bits per heavy atom. The van der Waals surface area contributed by atoms with Crippen LogP contribution in [-0.4, -0.2) is 16.1 Å². The monoisotopic (exact) mass is 239 g/mol. The normalized spacial score (nSPS) is 16.1. The van der Waals surface area contributed by atoms with Gasteiger partial charge in [0.25, 0.3) is 0 Å². The average molecular weight is 239 g/mol. The molecule has 0 bridgehead atoms. The van der Waals surface area contributed by atoms with Crippen LogP contribution < -0.4 is 0 Å². The van der Waals surface area contributed by atoms with Crippen molar-refractivity contribution in [2.24, 2.45) is 0 Å². The van der Waals surface area contributed by atoms with Gasteiger partial charge in [-0.1, -0.05) is 6.42 Å². The second-order valence-corrected chi connectivity index (χ2v) is 5.55. The number of carboxylic acids is 1. The molecule has 1 fully saturated rings. The van der Waals surface area contributed by atoms with Crippen molar-refractivity contribution in [2.75, 3.05) is 0 Å². The maximum absolute atomic E-state index is 10.4. The highest BCUT2D eigenvalue weighted by atomic mass is 32.1. The van der Waals surface area contributed by atoms with Crippen molar-refractivity contribution in [3.05, 3.63) is 15.6 Å². The smallest absolute Gasteiger partial charge is 0.303 e. The molecule has 0 atom stereocenters. The van der Waals surface area contributed by atoms with Crippen molar-refractivity contribution in [2.45, 2.75) is 51.4 Å². The highest BCUT2D eigenvalue weighted by Crippen LogP contribution is 2.39. The highest BCUT2D eigenvalue weighted by molar-refractivity contribution is 7.11. The van der Waals surface area contributed by atoms with Crippen LogP contribution in [0.1, 0.15) is 53.6 Å². The third-order valence-corrected chi connectivity index (χ3v) is 4.54. The second kappa shape index (κ2) is 4.95. The van der Waals surface area contributed by atoms with Crippen LogP contribution in [0.15, 0.2) is 0 Å². The minimum Gasteiger partial charge on any atom is -0.481 e. The molecule has 1 aliphatic rings. The van der Waals surface area contributed by atoms with Crippen LogP contribution >= 0.6 is 11.3 Å². The maximum atomic E-state index is 10.4. The molecular weight excluding hydrogens is 222 g/mol. The van der Waals surface area contributed by atoms with Crippen LogP contribution in [0.2, 0.25) is 0 Å². The summed E-state index contributed by atoms with van der Waals surface area (Å²) in [6.07, 6.45) is 5.74. The minimum atomic E-state index is -0.707. The Labute approximate surface area is 99.5 Å². The molecule has 1 aromatic heterocycles. The number of thiazole rings is 1. The molecule has 0 aromatic carbocycles. The molecule has 1 heterocycles. The second-order valence-electron chi connectivity index (χ2n) is 4.44. The maximum Gasteiger partial charge on any atom is 0.303 e. The summed E-state index contributed by atoms with van der Waals surface area (Å²) in [5.74, 6) is -0.0155. The molecule has 1 aromatic rings. The quantitative estimate of drug-likeness (QED) is 0.858. The zero-order chi connectivity index (χ0) is 11.5. The molecule has 1 N–H and O–H groups in total. The van der Waals surface area contributed by atoms with Gasteiger partial charge in [-0.15, -0.1) is 11.3 Å². The number of aryl methyl sites for hydroxylation is 2. The Hall–Kier alpha value is -0.900. The van der Waals surface area contributed by atoms with E-state index >= 15 is 0 Å². The van der Waals surface area contributed by atoms with Crippen LogP contribution in [0.3, 0.4) is 0 Å². The van der Waals surface area contributed by atoms with Crippen molar-refractivity contribution in [3.63, 3.8) is 0 Å². The lowest BCUT2D eigenvalue weighted by molar-refractivity contribution is -0.137. The van der Waals surface area contributed by atoms with Gasteiger partial charge in [0.1, 0.15) is 0 Å². The molecule has 4 heteroatoms. The number of nitrogens with zero attached hydrogens (tertiary/aromatic N) is 1. The summed E-state index contributed by atoms with van der Waals surface area (Å²) >= 11 is 1.79. The minimum absolute atomic E-state index is 0.260. The summed E-state index contributed by atoms with van der Waals surface area (Å²) in [7, 11) is 0. The first-order chi connectivity index (χ1) is 7.66. The molecule has 0 saturated heterocycles. The number of aliphatic carboxylic acids is 1. The first-order valence-electron chi connectivity index (χ1n) is 5.85. The van der Waals surface area contributed by atoms with Crippen LogP contribution in [-0.2, 0) is 11.2 Å². The molecule has 88 valence electrons. The Morgan fingerprint density at radius 2 is 2.31 bits per heavy atom. The summed E-state index contributed by atoms with van der Waals surface area (Å²) in [6.45, 7) is 2.04. The SMILES string of the molecule is Cc1nc(C2CCC2)sc1CCCC(=O)O. The zero-order valence-corrected chi connectivity index (χ0v) is 10.3. The van der Waals surface area contributed by atoms with Crippen LogP contribution in [0, 0.1) is 6.92 Å². The number of aromatic nitrogens is 1. The highest BCUT2D eigenvalue weighted by Gasteiger charge is 2.23. The van der Waals surface area contributed by atoms with Crippen LogP contribution in [0.4, 0.5) is 0 Å². The molecule has 0 aliphatic heterocycles. The van der Waals surface area contributed by atoms with Crippen molar-refractivity contribution >= 4 is 17.3 Å². The van der Waals surface area contributed by atoms with Gasteiger partial charge in [0.2, 0.25) is 0 Å². The van der Waals surface area contributed by atoms with Crippen LogP contribution in [0.5, 0.6) is 0 Å². The Morgan fingerprint density at radius 1 is 1.56 bits per heavy atom. The lowest BCUT2D eigenvalue weighted by Crippen LogP contribution is -2.07. The molecule has 1 saturated carbocycles. The van der Waals surface area contributed by atoms with E-state index < -0.39 is 5.97 Å². The first kappa shape index (κ1) is 11.6. The average Bonchev–Trinajstić information content (AvgIpc) is 2.44. The fourth-order valence-electron chi connectivity index (χ4n) is 1.91. The number of carboxylic acid groups (broad SMARTS) is 1. The Balaban J connectivity index is 1.92. The molecule has 1 aliphatic carbocycles. The van der Waals surface area contributed by atoms with Crippen LogP contribution in [0.25, 0.3) is 0 Å². The van der Waals surface area contributed by atoms with E-state index in [1.54, 1.807) is 11.3 Å². The summed E-state index contributed by atoms with van der Waals surface area (Å²) in [4.78, 5) is 16.3. The lowest BCUT2D eigenvalue weighted by atomic mass is 9.86. The largest absolute Gasteiger partial charge is 0.481 e. The topological polar surface area (TPSA) is 50.2 Å². The predicted molar refractivity (Wildman–Crippen MR) is 64.0 cm³/mol. The van der Waals surface area contributed by atoms with Crippen molar-refractivity contribution in [3.8, 4) is 0 Å². The summed E-state index contributed by atoms with van der Waals surface area (Å²) in [5.41, 5.74) is 1.11. The lowest BCUT2D eigenvalue weighted by Gasteiger charge is -2.22. The number of rotatable bonds is 5. The number of hydrogen-bond donors (Lipinski definition) is 1. The first-order valence-corrected chi connectivity index (χ1v) is 6.66. The third-order valence-electron chi connectivity index (χ3n) is 3.16. The van der Waals surface area contributed by atoms with Crippen molar-refractivity contribution < 1.29 is 9.90 Å². The zero-order valence-electron chi connectivity index (χ0n) is 9.53. The van der Waals surface area contributed by atoms with Crippen molar-refractivity contribution in [1.29, 1.82) is 0 Å². The Kier molecular flexibility index (Phi) is 3.59. The molecule has 0 radical (unpaired) electrons. The van der Waals surface area contributed by atoms with E-state index in [0.29, 0.717) is 5.92 Å². The number of carbonyl (C=O) groups is 1. The molecule has 3 nitrogen and oxygen atoms in total. The van der Waals surface area contributed by atoms with Gasteiger partial charge in [-0.25, -0.2) is 4.98 Å². The van der Waals surface area contributed by atoms with Gasteiger partial charge in [0, 0.05) is 17.2 Å². The van der Waals surface area contributed by atoms with E-state index in [2.05, 4.69) is 4.98 Å². The van der Waals surface area contributed by atoms with Gasteiger partial charge >= 0.3 is 5.97 Å². The van der Waals surface area contributed by atoms with E-state index in [1.165, 1.54) is 29.1 Å². The molecular formula is C12H17NO2S. The summed E-state index contributed by atoms with van der Waals surface area (Å²) in [5, 5.41) is 9.86. The van der Waals surface area contributed by atoms with Crippen molar-refractivity contribution in [1.82, 2.24) is 4.98 Å². The summed E-state index contributed by atoms with van der Waals surface area (Å²) < 4.78 is 0. The van der Waals surface area contributed by atoms with Gasteiger partial charge in [-0.2, -0.15) is 0 Å². The van der Waals surface area contributed by atoms with Gasteiger partial charge in [-0.05, 0) is 32.6 Å². The molecule has 0 unspecified atom stereocenters.